The molecule has 0 bridgehead atoms. The van der Waals surface area contributed by atoms with E-state index in [1.165, 1.54) is 25.0 Å². The number of halogens is 3. The zero-order valence-electron chi connectivity index (χ0n) is 20.8. The maximum absolute atomic E-state index is 13.5. The molecule has 2 N–H and O–H groups in total. The molecule has 1 amide bonds. The van der Waals surface area contributed by atoms with Crippen molar-refractivity contribution in [2.75, 3.05) is 31.5 Å². The van der Waals surface area contributed by atoms with Gasteiger partial charge in [0.05, 0.1) is 23.8 Å². The lowest BCUT2D eigenvalue weighted by Gasteiger charge is -2.46. The van der Waals surface area contributed by atoms with Gasteiger partial charge in [0.2, 0.25) is 5.91 Å². The first-order valence-corrected chi connectivity index (χ1v) is 13.2. The first-order valence-electron chi connectivity index (χ1n) is 13.2. The predicted molar refractivity (Wildman–Crippen MR) is 137 cm³/mol. The van der Waals surface area contributed by atoms with Gasteiger partial charge in [0.15, 0.2) is 0 Å². The van der Waals surface area contributed by atoms with Crippen molar-refractivity contribution in [1.82, 2.24) is 10.2 Å². The topological polar surface area (TPSA) is 53.6 Å². The van der Waals surface area contributed by atoms with Gasteiger partial charge >= 0.3 is 6.18 Å². The molecule has 0 aromatic heterocycles. The third kappa shape index (κ3) is 6.18. The van der Waals surface area contributed by atoms with E-state index in [4.69, 9.17) is 4.74 Å². The molecular weight excluding hydrogens is 479 g/mol. The molecule has 5 rings (SSSR count). The monoisotopic (exact) mass is 513 g/mol. The summed E-state index contributed by atoms with van der Waals surface area (Å²) in [6.07, 6.45) is 3.12. The van der Waals surface area contributed by atoms with Gasteiger partial charge in [-0.05, 0) is 75.0 Å². The molecule has 3 aliphatic rings. The van der Waals surface area contributed by atoms with Crippen molar-refractivity contribution in [3.05, 3.63) is 77.4 Å². The standard InChI is InChI=1S/C29H34F3N3O2/c30-29(31,32)21-11-14-25-24(18-21)28-23(27(34-25)20-8-2-1-3-9-20)13-12-22(37-28)19-33-26(36)10-4-5-15-35-16-6-7-17-35/h1-4,8-11,14,18,22-23,27-28,34H,5-7,12-13,15-17,19H2,(H,33,36)/t22-,23+,27+,28+/m1/s1. The van der Waals surface area contributed by atoms with Crippen LogP contribution in [0.4, 0.5) is 18.9 Å². The van der Waals surface area contributed by atoms with Gasteiger partial charge in [0, 0.05) is 30.3 Å². The number of ether oxygens (including phenoxy) is 1. The Morgan fingerprint density at radius 1 is 1.11 bits per heavy atom. The number of benzene rings is 2. The molecular formula is C29H34F3N3O2. The molecule has 3 aliphatic heterocycles. The van der Waals surface area contributed by atoms with E-state index < -0.39 is 17.8 Å². The number of likely N-dealkylation sites (tertiary alicyclic amines) is 1. The number of carbonyl (C=O) groups excluding carboxylic acids is 1. The van der Waals surface area contributed by atoms with Gasteiger partial charge in [0.25, 0.3) is 0 Å². The van der Waals surface area contributed by atoms with Crippen LogP contribution in [0.2, 0.25) is 0 Å². The van der Waals surface area contributed by atoms with E-state index in [9.17, 15) is 18.0 Å². The summed E-state index contributed by atoms with van der Waals surface area (Å²) in [5.74, 6) is -0.185. The molecule has 0 spiro atoms. The van der Waals surface area contributed by atoms with Gasteiger partial charge in [0.1, 0.15) is 0 Å². The van der Waals surface area contributed by atoms with Crippen LogP contribution >= 0.6 is 0 Å². The minimum absolute atomic E-state index is 0.0178. The van der Waals surface area contributed by atoms with Crippen LogP contribution in [-0.2, 0) is 15.7 Å². The van der Waals surface area contributed by atoms with E-state index in [0.717, 1.165) is 50.5 Å². The first kappa shape index (κ1) is 25.8. The van der Waals surface area contributed by atoms with E-state index in [1.54, 1.807) is 6.08 Å². The Kier molecular flexibility index (Phi) is 7.86. The Bertz CT molecular complexity index is 1100. The fourth-order valence-corrected chi connectivity index (χ4v) is 5.80. The van der Waals surface area contributed by atoms with Gasteiger partial charge in [-0.3, -0.25) is 4.79 Å². The van der Waals surface area contributed by atoms with E-state index >= 15 is 0 Å². The Hall–Kier alpha value is -2.84. The van der Waals surface area contributed by atoms with Crippen LogP contribution < -0.4 is 10.6 Å². The first-order chi connectivity index (χ1) is 17.9. The van der Waals surface area contributed by atoms with Crippen molar-refractivity contribution in [2.45, 2.75) is 56.5 Å². The summed E-state index contributed by atoms with van der Waals surface area (Å²) < 4.78 is 46.9. The highest BCUT2D eigenvalue weighted by atomic mass is 19.4. The molecule has 37 heavy (non-hydrogen) atoms. The van der Waals surface area contributed by atoms with Crippen molar-refractivity contribution in [1.29, 1.82) is 0 Å². The Morgan fingerprint density at radius 3 is 2.65 bits per heavy atom. The summed E-state index contributed by atoms with van der Waals surface area (Å²) in [5.41, 5.74) is 1.60. The lowest BCUT2D eigenvalue weighted by molar-refractivity contribution is -0.138. The summed E-state index contributed by atoms with van der Waals surface area (Å²) >= 11 is 0. The highest BCUT2D eigenvalue weighted by Crippen LogP contribution is 2.51. The van der Waals surface area contributed by atoms with Gasteiger partial charge in [-0.25, -0.2) is 0 Å². The van der Waals surface area contributed by atoms with Crippen LogP contribution in [-0.4, -0.2) is 43.1 Å². The summed E-state index contributed by atoms with van der Waals surface area (Å²) in [7, 11) is 0. The number of nitrogens with zero attached hydrogens (tertiary/aromatic N) is 1. The molecule has 3 heterocycles. The second-order valence-electron chi connectivity index (χ2n) is 10.2. The van der Waals surface area contributed by atoms with Gasteiger partial charge in [-0.1, -0.05) is 36.4 Å². The Balaban J connectivity index is 1.26. The molecule has 2 saturated heterocycles. The molecule has 8 heteroatoms. The molecule has 0 radical (unpaired) electrons. The smallest absolute Gasteiger partial charge is 0.378 e. The molecule has 0 saturated carbocycles. The van der Waals surface area contributed by atoms with Crippen LogP contribution in [0.15, 0.2) is 60.7 Å². The van der Waals surface area contributed by atoms with Crippen molar-refractivity contribution >= 4 is 11.6 Å². The maximum Gasteiger partial charge on any atom is 0.416 e. The minimum atomic E-state index is -4.43. The zero-order valence-corrected chi connectivity index (χ0v) is 20.8. The van der Waals surface area contributed by atoms with Crippen molar-refractivity contribution in [3.63, 3.8) is 0 Å². The number of hydrogen-bond donors (Lipinski definition) is 2. The third-order valence-electron chi connectivity index (χ3n) is 7.72. The lowest BCUT2D eigenvalue weighted by Crippen LogP contribution is -2.43. The van der Waals surface area contributed by atoms with Crippen molar-refractivity contribution in [3.8, 4) is 0 Å². The molecule has 2 fully saturated rings. The van der Waals surface area contributed by atoms with Crippen LogP contribution in [0.5, 0.6) is 0 Å². The van der Waals surface area contributed by atoms with E-state index in [1.807, 2.05) is 36.4 Å². The number of carbonyl (C=O) groups is 1. The van der Waals surface area contributed by atoms with Crippen LogP contribution in [0.25, 0.3) is 0 Å². The SMILES string of the molecule is O=C(C=CCCN1CCCC1)NC[C@H]1CC[C@@H]2[C@H](O1)c1cc(C(F)(F)F)ccc1N[C@H]2c1ccccc1. The molecule has 0 unspecified atom stereocenters. The molecule has 5 nitrogen and oxygen atoms in total. The average Bonchev–Trinajstić information content (AvgIpc) is 3.43. The van der Waals surface area contributed by atoms with Crippen molar-refractivity contribution < 1.29 is 22.7 Å². The lowest BCUT2D eigenvalue weighted by atomic mass is 9.76. The number of fused-ring (bicyclic) bond motifs is 3. The summed E-state index contributed by atoms with van der Waals surface area (Å²) in [4.78, 5) is 14.8. The highest BCUT2D eigenvalue weighted by molar-refractivity contribution is 5.87. The molecule has 2 aromatic carbocycles. The van der Waals surface area contributed by atoms with Gasteiger partial charge in [-0.2, -0.15) is 13.2 Å². The van der Waals surface area contributed by atoms with Gasteiger partial charge in [-0.15, -0.1) is 0 Å². The third-order valence-corrected chi connectivity index (χ3v) is 7.72. The van der Waals surface area contributed by atoms with E-state index in [0.29, 0.717) is 17.8 Å². The number of alkyl halides is 3. The molecule has 2 aromatic rings. The van der Waals surface area contributed by atoms with Gasteiger partial charge < -0.3 is 20.3 Å². The molecule has 0 aliphatic carbocycles. The summed E-state index contributed by atoms with van der Waals surface area (Å²) in [5, 5.41) is 6.39. The Morgan fingerprint density at radius 2 is 1.89 bits per heavy atom. The zero-order chi connectivity index (χ0) is 25.8. The Labute approximate surface area is 216 Å². The fraction of sp³-hybridized carbons (Fsp3) is 0.483. The quantitative estimate of drug-likeness (QED) is 0.455. The number of nitrogens with one attached hydrogen (secondary N) is 2. The number of amides is 1. The van der Waals surface area contributed by atoms with Crippen molar-refractivity contribution in [2.24, 2.45) is 5.92 Å². The largest absolute Gasteiger partial charge is 0.416 e. The molecule has 198 valence electrons. The number of rotatable bonds is 7. The average molecular weight is 514 g/mol. The van der Waals surface area contributed by atoms with Crippen LogP contribution in [0.3, 0.4) is 0 Å². The fourth-order valence-electron chi connectivity index (χ4n) is 5.80. The predicted octanol–water partition coefficient (Wildman–Crippen LogP) is 5.87. The minimum Gasteiger partial charge on any atom is -0.378 e. The normalized spacial score (nSPS) is 25.9. The maximum atomic E-state index is 13.5. The molecule has 4 atom stereocenters. The second-order valence-corrected chi connectivity index (χ2v) is 10.2. The van der Waals surface area contributed by atoms with E-state index in [-0.39, 0.29) is 24.0 Å². The number of anilines is 1. The summed E-state index contributed by atoms with van der Waals surface area (Å²) in [6, 6.07) is 13.7. The number of hydrogen-bond acceptors (Lipinski definition) is 4. The van der Waals surface area contributed by atoms with Crippen LogP contribution in [0, 0.1) is 5.92 Å². The summed E-state index contributed by atoms with van der Waals surface area (Å²) in [6.45, 7) is 3.57. The van der Waals surface area contributed by atoms with E-state index in [2.05, 4.69) is 15.5 Å². The highest BCUT2D eigenvalue weighted by Gasteiger charge is 2.43. The van der Waals surface area contributed by atoms with Crippen LogP contribution in [0.1, 0.15) is 60.9 Å². The second kappa shape index (κ2) is 11.3.